The van der Waals surface area contributed by atoms with Crippen LogP contribution in [0, 0.1) is 5.92 Å². The predicted octanol–water partition coefficient (Wildman–Crippen LogP) is 3.85. The lowest BCUT2D eigenvalue weighted by Crippen LogP contribution is -2.34. The molecule has 1 aromatic rings. The van der Waals surface area contributed by atoms with Crippen molar-refractivity contribution in [2.45, 2.75) is 33.1 Å². The zero-order valence-corrected chi connectivity index (χ0v) is 12.3. The minimum absolute atomic E-state index is 0.120. The molecule has 0 radical (unpaired) electrons. The summed E-state index contributed by atoms with van der Waals surface area (Å²) in [5, 5.41) is 0. The highest BCUT2D eigenvalue weighted by Crippen LogP contribution is 2.28. The summed E-state index contributed by atoms with van der Waals surface area (Å²) >= 11 is 0. The van der Waals surface area contributed by atoms with Crippen molar-refractivity contribution >= 4 is 5.91 Å². The second-order valence-corrected chi connectivity index (χ2v) is 5.12. The molecule has 19 heavy (non-hydrogen) atoms. The number of rotatable bonds is 7. The molecule has 0 fully saturated rings. The lowest BCUT2D eigenvalue weighted by atomic mass is 9.85. The van der Waals surface area contributed by atoms with Gasteiger partial charge in [-0.2, -0.15) is 0 Å². The Balaban J connectivity index is 2.76. The van der Waals surface area contributed by atoms with Gasteiger partial charge in [-0.3, -0.25) is 4.79 Å². The summed E-state index contributed by atoms with van der Waals surface area (Å²) in [6.07, 6.45) is 2.88. The molecule has 0 aliphatic carbocycles. The molecule has 1 amide bonds. The van der Waals surface area contributed by atoms with E-state index in [-0.39, 0.29) is 5.91 Å². The molecule has 1 aromatic carbocycles. The van der Waals surface area contributed by atoms with Gasteiger partial charge in [0.25, 0.3) is 0 Å². The van der Waals surface area contributed by atoms with Gasteiger partial charge in [0.1, 0.15) is 0 Å². The van der Waals surface area contributed by atoms with Crippen LogP contribution >= 0.6 is 0 Å². The Morgan fingerprint density at radius 1 is 1.37 bits per heavy atom. The SMILES string of the molecule is C=CCN(CC(C)C(CC)c1ccccc1)C(C)=O. The smallest absolute Gasteiger partial charge is 0.219 e. The lowest BCUT2D eigenvalue weighted by Gasteiger charge is -2.29. The number of hydrogen-bond acceptors (Lipinski definition) is 1. The van der Waals surface area contributed by atoms with Gasteiger partial charge in [-0.15, -0.1) is 6.58 Å². The van der Waals surface area contributed by atoms with E-state index in [1.54, 1.807) is 13.0 Å². The van der Waals surface area contributed by atoms with E-state index in [2.05, 4.69) is 44.7 Å². The molecule has 2 heteroatoms. The fraction of sp³-hybridized carbons (Fsp3) is 0.471. The van der Waals surface area contributed by atoms with Gasteiger partial charge >= 0.3 is 0 Å². The first kappa shape index (κ1) is 15.5. The molecule has 0 aliphatic rings. The third-order valence-corrected chi connectivity index (χ3v) is 3.66. The molecule has 0 aliphatic heterocycles. The highest BCUT2D eigenvalue weighted by atomic mass is 16.2. The van der Waals surface area contributed by atoms with E-state index in [1.807, 2.05) is 11.0 Å². The Bertz CT molecular complexity index is 399. The van der Waals surface area contributed by atoms with Crippen LogP contribution in [0.1, 0.15) is 38.7 Å². The summed E-state index contributed by atoms with van der Waals surface area (Å²) in [5.41, 5.74) is 1.36. The Hall–Kier alpha value is -1.57. The second kappa shape index (κ2) is 7.78. The molecule has 0 heterocycles. The summed E-state index contributed by atoms with van der Waals surface area (Å²) in [6.45, 7) is 11.2. The predicted molar refractivity (Wildman–Crippen MR) is 81.1 cm³/mol. The topological polar surface area (TPSA) is 20.3 Å². The van der Waals surface area contributed by atoms with Crippen molar-refractivity contribution in [2.24, 2.45) is 5.92 Å². The fourth-order valence-electron chi connectivity index (χ4n) is 2.63. The van der Waals surface area contributed by atoms with Gasteiger partial charge in [-0.05, 0) is 23.8 Å². The van der Waals surface area contributed by atoms with E-state index in [0.29, 0.717) is 18.4 Å². The fourth-order valence-corrected chi connectivity index (χ4v) is 2.63. The quantitative estimate of drug-likeness (QED) is 0.681. The van der Waals surface area contributed by atoms with E-state index >= 15 is 0 Å². The normalized spacial score (nSPS) is 13.6. The Morgan fingerprint density at radius 2 is 2.00 bits per heavy atom. The van der Waals surface area contributed by atoms with E-state index in [4.69, 9.17) is 0 Å². The molecule has 0 bridgehead atoms. The Kier molecular flexibility index (Phi) is 6.34. The average molecular weight is 259 g/mol. The summed E-state index contributed by atoms with van der Waals surface area (Å²) in [4.78, 5) is 13.5. The number of amides is 1. The van der Waals surface area contributed by atoms with Crippen molar-refractivity contribution in [3.8, 4) is 0 Å². The van der Waals surface area contributed by atoms with Crippen molar-refractivity contribution in [3.05, 3.63) is 48.6 Å². The zero-order chi connectivity index (χ0) is 14.3. The van der Waals surface area contributed by atoms with Crippen molar-refractivity contribution in [1.82, 2.24) is 4.90 Å². The van der Waals surface area contributed by atoms with Crippen molar-refractivity contribution in [3.63, 3.8) is 0 Å². The molecule has 0 saturated carbocycles. The third-order valence-electron chi connectivity index (χ3n) is 3.66. The summed E-state index contributed by atoms with van der Waals surface area (Å²) in [5.74, 6) is 1.05. The number of carbonyl (C=O) groups excluding carboxylic acids is 1. The van der Waals surface area contributed by atoms with Gasteiger partial charge in [0.15, 0.2) is 0 Å². The van der Waals surface area contributed by atoms with E-state index in [9.17, 15) is 4.79 Å². The van der Waals surface area contributed by atoms with Crippen LogP contribution < -0.4 is 0 Å². The van der Waals surface area contributed by atoms with Crippen LogP contribution in [0.2, 0.25) is 0 Å². The molecular formula is C17H25NO. The maximum absolute atomic E-state index is 11.6. The number of hydrogen-bond donors (Lipinski definition) is 0. The van der Waals surface area contributed by atoms with Crippen molar-refractivity contribution in [1.29, 1.82) is 0 Å². The summed E-state index contributed by atoms with van der Waals surface area (Å²) in [6, 6.07) is 10.6. The van der Waals surface area contributed by atoms with Gasteiger partial charge in [0.05, 0.1) is 0 Å². The molecule has 0 spiro atoms. The van der Waals surface area contributed by atoms with Gasteiger partial charge in [-0.1, -0.05) is 50.3 Å². The van der Waals surface area contributed by atoms with E-state index in [1.165, 1.54) is 5.56 Å². The highest BCUT2D eigenvalue weighted by Gasteiger charge is 2.20. The summed E-state index contributed by atoms with van der Waals surface area (Å²) < 4.78 is 0. The van der Waals surface area contributed by atoms with Crippen LogP contribution in [0.25, 0.3) is 0 Å². The first-order chi connectivity index (χ1) is 9.10. The van der Waals surface area contributed by atoms with E-state index in [0.717, 1.165) is 13.0 Å². The largest absolute Gasteiger partial charge is 0.339 e. The molecule has 0 aromatic heterocycles. The number of carbonyl (C=O) groups is 1. The monoisotopic (exact) mass is 259 g/mol. The first-order valence-electron chi connectivity index (χ1n) is 7.01. The van der Waals surface area contributed by atoms with Crippen LogP contribution in [-0.4, -0.2) is 23.9 Å². The van der Waals surface area contributed by atoms with Crippen LogP contribution in [0.5, 0.6) is 0 Å². The molecule has 104 valence electrons. The highest BCUT2D eigenvalue weighted by molar-refractivity contribution is 5.73. The second-order valence-electron chi connectivity index (χ2n) is 5.12. The Morgan fingerprint density at radius 3 is 2.47 bits per heavy atom. The van der Waals surface area contributed by atoms with Crippen molar-refractivity contribution < 1.29 is 4.79 Å². The maximum Gasteiger partial charge on any atom is 0.219 e. The van der Waals surface area contributed by atoms with Gasteiger partial charge < -0.3 is 4.90 Å². The standard InChI is InChI=1S/C17H25NO/c1-5-12-18(15(4)19)13-14(3)17(6-2)16-10-8-7-9-11-16/h5,7-11,14,17H,1,6,12-13H2,2-4H3. The molecular weight excluding hydrogens is 234 g/mol. The third kappa shape index (κ3) is 4.55. The Labute approximate surface area is 117 Å². The zero-order valence-electron chi connectivity index (χ0n) is 12.3. The minimum atomic E-state index is 0.120. The van der Waals surface area contributed by atoms with E-state index < -0.39 is 0 Å². The van der Waals surface area contributed by atoms with Crippen LogP contribution in [0.3, 0.4) is 0 Å². The molecule has 0 saturated heterocycles. The average Bonchev–Trinajstić information content (AvgIpc) is 2.40. The molecule has 2 nitrogen and oxygen atoms in total. The molecule has 2 atom stereocenters. The molecule has 2 unspecified atom stereocenters. The van der Waals surface area contributed by atoms with Crippen LogP contribution in [-0.2, 0) is 4.79 Å². The summed E-state index contributed by atoms with van der Waals surface area (Å²) in [7, 11) is 0. The minimum Gasteiger partial charge on any atom is -0.339 e. The maximum atomic E-state index is 11.6. The van der Waals surface area contributed by atoms with Crippen molar-refractivity contribution in [2.75, 3.05) is 13.1 Å². The van der Waals surface area contributed by atoms with Crippen LogP contribution in [0.15, 0.2) is 43.0 Å². The molecule has 0 N–H and O–H groups in total. The number of nitrogens with zero attached hydrogens (tertiary/aromatic N) is 1. The molecule has 1 rings (SSSR count). The number of benzene rings is 1. The first-order valence-corrected chi connectivity index (χ1v) is 7.01. The van der Waals surface area contributed by atoms with Gasteiger partial charge in [0.2, 0.25) is 5.91 Å². The van der Waals surface area contributed by atoms with Gasteiger partial charge in [-0.25, -0.2) is 0 Å². The lowest BCUT2D eigenvalue weighted by molar-refractivity contribution is -0.129. The van der Waals surface area contributed by atoms with Crippen LogP contribution in [0.4, 0.5) is 0 Å². The van der Waals surface area contributed by atoms with Gasteiger partial charge in [0, 0.05) is 20.0 Å².